The topological polar surface area (TPSA) is 76.1 Å². The van der Waals surface area contributed by atoms with E-state index in [1.165, 1.54) is 0 Å². The summed E-state index contributed by atoms with van der Waals surface area (Å²) >= 11 is 0. The molecule has 2 aromatic rings. The maximum Gasteiger partial charge on any atom is 0.249 e. The highest BCUT2D eigenvalue weighted by Gasteiger charge is 2.06. The Morgan fingerprint density at radius 2 is 2.18 bits per heavy atom. The Labute approximate surface area is 98.2 Å². The molecule has 0 radical (unpaired) electrons. The third-order valence-electron chi connectivity index (χ3n) is 2.42. The fourth-order valence-electron chi connectivity index (χ4n) is 1.68. The van der Waals surface area contributed by atoms with Crippen LogP contribution < -0.4 is 10.5 Å². The van der Waals surface area contributed by atoms with E-state index in [4.69, 9.17) is 15.7 Å². The van der Waals surface area contributed by atoms with Crippen molar-refractivity contribution in [2.45, 2.75) is 0 Å². The maximum atomic E-state index is 11.2. The SMILES string of the molecule is N#CCOc1ccc2c(C(N)=O)cccc2c1. The number of primary amides is 1. The monoisotopic (exact) mass is 226 g/mol. The molecule has 0 aliphatic carbocycles. The van der Waals surface area contributed by atoms with Crippen molar-refractivity contribution in [1.29, 1.82) is 5.26 Å². The average Bonchev–Trinajstić information content (AvgIpc) is 2.35. The molecule has 0 aliphatic heterocycles. The van der Waals surface area contributed by atoms with Crippen LogP contribution in [-0.4, -0.2) is 12.5 Å². The summed E-state index contributed by atoms with van der Waals surface area (Å²) in [7, 11) is 0. The molecule has 4 heteroatoms. The van der Waals surface area contributed by atoms with Gasteiger partial charge < -0.3 is 10.5 Å². The van der Waals surface area contributed by atoms with Crippen LogP contribution in [0.15, 0.2) is 36.4 Å². The van der Waals surface area contributed by atoms with Gasteiger partial charge >= 0.3 is 0 Å². The Morgan fingerprint density at radius 1 is 1.35 bits per heavy atom. The molecule has 0 spiro atoms. The second-order valence-electron chi connectivity index (χ2n) is 3.50. The number of carbonyl (C=O) groups excluding carboxylic acids is 1. The van der Waals surface area contributed by atoms with Crippen LogP contribution in [0.4, 0.5) is 0 Å². The molecule has 84 valence electrons. The number of ether oxygens (including phenoxy) is 1. The van der Waals surface area contributed by atoms with E-state index < -0.39 is 5.91 Å². The van der Waals surface area contributed by atoms with E-state index in [1.807, 2.05) is 12.1 Å². The Kier molecular flexibility index (Phi) is 2.93. The Hall–Kier alpha value is -2.54. The van der Waals surface area contributed by atoms with E-state index in [0.717, 1.165) is 10.8 Å². The van der Waals surface area contributed by atoms with Gasteiger partial charge in [-0.15, -0.1) is 0 Å². The smallest absolute Gasteiger partial charge is 0.249 e. The molecule has 0 atom stereocenters. The fraction of sp³-hybridized carbons (Fsp3) is 0.0769. The normalized spacial score (nSPS) is 9.82. The first-order chi connectivity index (χ1) is 8.22. The summed E-state index contributed by atoms with van der Waals surface area (Å²) in [4.78, 5) is 11.2. The summed E-state index contributed by atoms with van der Waals surface area (Å²) in [6, 6.07) is 12.5. The molecule has 4 nitrogen and oxygen atoms in total. The van der Waals surface area contributed by atoms with Gasteiger partial charge in [-0.05, 0) is 35.0 Å². The predicted octanol–water partition coefficient (Wildman–Crippen LogP) is 1.84. The maximum absolute atomic E-state index is 11.2. The van der Waals surface area contributed by atoms with Crippen LogP contribution in [0.3, 0.4) is 0 Å². The summed E-state index contributed by atoms with van der Waals surface area (Å²) in [5.41, 5.74) is 5.77. The molecule has 0 aliphatic rings. The van der Waals surface area contributed by atoms with Crippen LogP contribution in [0, 0.1) is 11.3 Å². The number of fused-ring (bicyclic) bond motifs is 1. The van der Waals surface area contributed by atoms with Gasteiger partial charge in [0.15, 0.2) is 6.61 Å². The van der Waals surface area contributed by atoms with E-state index in [0.29, 0.717) is 11.3 Å². The van der Waals surface area contributed by atoms with Gasteiger partial charge in [-0.25, -0.2) is 0 Å². The summed E-state index contributed by atoms with van der Waals surface area (Å²) in [6.45, 7) is 0.00101. The molecule has 0 fully saturated rings. The molecule has 2 N–H and O–H groups in total. The Morgan fingerprint density at radius 3 is 2.88 bits per heavy atom. The zero-order valence-electron chi connectivity index (χ0n) is 9.01. The molecule has 0 bridgehead atoms. The van der Waals surface area contributed by atoms with Crippen LogP contribution in [-0.2, 0) is 0 Å². The second-order valence-corrected chi connectivity index (χ2v) is 3.50. The van der Waals surface area contributed by atoms with Crippen molar-refractivity contribution in [3.8, 4) is 11.8 Å². The molecule has 0 heterocycles. The number of nitriles is 1. The van der Waals surface area contributed by atoms with Crippen molar-refractivity contribution < 1.29 is 9.53 Å². The van der Waals surface area contributed by atoms with Crippen LogP contribution >= 0.6 is 0 Å². The molecular formula is C13H10N2O2. The third kappa shape index (κ3) is 2.18. The number of carbonyl (C=O) groups is 1. The van der Waals surface area contributed by atoms with Crippen LogP contribution in [0.2, 0.25) is 0 Å². The van der Waals surface area contributed by atoms with Gasteiger partial charge in [0.05, 0.1) is 0 Å². The van der Waals surface area contributed by atoms with E-state index in [2.05, 4.69) is 0 Å². The highest BCUT2D eigenvalue weighted by molar-refractivity contribution is 6.06. The van der Waals surface area contributed by atoms with Crippen molar-refractivity contribution in [3.63, 3.8) is 0 Å². The van der Waals surface area contributed by atoms with Gasteiger partial charge in [0.1, 0.15) is 11.8 Å². The lowest BCUT2D eigenvalue weighted by atomic mass is 10.0. The van der Waals surface area contributed by atoms with Crippen LogP contribution in [0.1, 0.15) is 10.4 Å². The standard InChI is InChI=1S/C13H10N2O2/c14-6-7-17-10-4-5-11-9(8-10)2-1-3-12(11)13(15)16/h1-5,8H,7H2,(H2,15,16). The molecule has 1 amide bonds. The summed E-state index contributed by atoms with van der Waals surface area (Å²) in [6.07, 6.45) is 0. The highest BCUT2D eigenvalue weighted by atomic mass is 16.5. The molecular weight excluding hydrogens is 216 g/mol. The zero-order valence-corrected chi connectivity index (χ0v) is 9.01. The molecule has 0 saturated heterocycles. The van der Waals surface area contributed by atoms with Crippen molar-refractivity contribution in [1.82, 2.24) is 0 Å². The summed E-state index contributed by atoms with van der Waals surface area (Å²) < 4.78 is 5.19. The van der Waals surface area contributed by atoms with E-state index >= 15 is 0 Å². The van der Waals surface area contributed by atoms with Crippen LogP contribution in [0.5, 0.6) is 5.75 Å². The minimum Gasteiger partial charge on any atom is -0.479 e. The average molecular weight is 226 g/mol. The first-order valence-electron chi connectivity index (χ1n) is 5.04. The number of rotatable bonds is 3. The number of hydrogen-bond acceptors (Lipinski definition) is 3. The Bertz CT molecular complexity index is 614. The number of nitrogens with zero attached hydrogens (tertiary/aromatic N) is 1. The quantitative estimate of drug-likeness (QED) is 0.867. The minimum absolute atomic E-state index is 0.00101. The molecule has 17 heavy (non-hydrogen) atoms. The lowest BCUT2D eigenvalue weighted by Gasteiger charge is -2.06. The van der Waals surface area contributed by atoms with Crippen LogP contribution in [0.25, 0.3) is 10.8 Å². The van der Waals surface area contributed by atoms with Gasteiger partial charge in [-0.2, -0.15) is 5.26 Å². The highest BCUT2D eigenvalue weighted by Crippen LogP contribution is 2.23. The van der Waals surface area contributed by atoms with Crippen molar-refractivity contribution in [2.75, 3.05) is 6.61 Å². The fourth-order valence-corrected chi connectivity index (χ4v) is 1.68. The molecule has 0 aromatic heterocycles. The number of benzene rings is 2. The largest absolute Gasteiger partial charge is 0.479 e. The number of hydrogen-bond donors (Lipinski definition) is 1. The minimum atomic E-state index is -0.457. The zero-order chi connectivity index (χ0) is 12.3. The van der Waals surface area contributed by atoms with Crippen molar-refractivity contribution >= 4 is 16.7 Å². The first kappa shape index (κ1) is 11.0. The van der Waals surface area contributed by atoms with E-state index in [-0.39, 0.29) is 6.61 Å². The lowest BCUT2D eigenvalue weighted by Crippen LogP contribution is -2.11. The van der Waals surface area contributed by atoms with Gasteiger partial charge in [0.25, 0.3) is 0 Å². The lowest BCUT2D eigenvalue weighted by molar-refractivity contribution is 0.100. The van der Waals surface area contributed by atoms with E-state index in [9.17, 15) is 4.79 Å². The first-order valence-corrected chi connectivity index (χ1v) is 5.04. The number of amides is 1. The third-order valence-corrected chi connectivity index (χ3v) is 2.42. The van der Waals surface area contributed by atoms with Crippen molar-refractivity contribution in [3.05, 3.63) is 42.0 Å². The summed E-state index contributed by atoms with van der Waals surface area (Å²) in [5, 5.41) is 10.1. The predicted molar refractivity (Wildman–Crippen MR) is 63.6 cm³/mol. The second kappa shape index (κ2) is 4.54. The molecule has 2 aromatic carbocycles. The van der Waals surface area contributed by atoms with Crippen molar-refractivity contribution in [2.24, 2.45) is 5.73 Å². The molecule has 0 unspecified atom stereocenters. The van der Waals surface area contributed by atoms with E-state index in [1.54, 1.807) is 30.3 Å². The summed E-state index contributed by atoms with van der Waals surface area (Å²) in [5.74, 6) is 0.141. The van der Waals surface area contributed by atoms with Gasteiger partial charge in [0, 0.05) is 5.56 Å². The Balaban J connectivity index is 2.50. The molecule has 0 saturated carbocycles. The van der Waals surface area contributed by atoms with Gasteiger partial charge in [-0.1, -0.05) is 12.1 Å². The number of nitrogens with two attached hydrogens (primary N) is 1. The van der Waals surface area contributed by atoms with Gasteiger partial charge in [0.2, 0.25) is 5.91 Å². The van der Waals surface area contributed by atoms with Gasteiger partial charge in [-0.3, -0.25) is 4.79 Å². The molecule has 2 rings (SSSR count).